The molecule has 0 radical (unpaired) electrons. The molecular formula is C14H20N2O. The van der Waals surface area contributed by atoms with E-state index in [4.69, 9.17) is 5.73 Å². The van der Waals surface area contributed by atoms with Crippen molar-refractivity contribution in [1.29, 1.82) is 0 Å². The summed E-state index contributed by atoms with van der Waals surface area (Å²) in [7, 11) is 0. The van der Waals surface area contributed by atoms with Crippen LogP contribution in [-0.2, 0) is 11.2 Å². The van der Waals surface area contributed by atoms with Crippen LogP contribution < -0.4 is 11.1 Å². The Bertz CT molecular complexity index is 466. The molecule has 1 amide bonds. The minimum Gasteiger partial charge on any atom is -0.326 e. The number of nitrogens with one attached hydrogen (secondary N) is 1. The van der Waals surface area contributed by atoms with Crippen LogP contribution in [0.15, 0.2) is 6.07 Å². The lowest BCUT2D eigenvalue weighted by atomic mass is 9.89. The van der Waals surface area contributed by atoms with Crippen molar-refractivity contribution in [3.05, 3.63) is 28.3 Å². The summed E-state index contributed by atoms with van der Waals surface area (Å²) in [5, 5.41) is 2.97. The molecule has 1 heterocycles. The summed E-state index contributed by atoms with van der Waals surface area (Å²) in [6.07, 6.45) is 2.34. The number of nitrogens with two attached hydrogens (primary N) is 1. The second kappa shape index (κ2) is 4.49. The van der Waals surface area contributed by atoms with Gasteiger partial charge in [-0.15, -0.1) is 0 Å². The first-order valence-corrected chi connectivity index (χ1v) is 6.23. The Morgan fingerprint density at radius 3 is 2.71 bits per heavy atom. The maximum absolute atomic E-state index is 11.4. The van der Waals surface area contributed by atoms with Gasteiger partial charge in [0.2, 0.25) is 5.91 Å². The van der Waals surface area contributed by atoms with E-state index in [1.165, 1.54) is 16.7 Å². The van der Waals surface area contributed by atoms with E-state index >= 15 is 0 Å². The maximum atomic E-state index is 11.4. The highest BCUT2D eigenvalue weighted by molar-refractivity contribution is 5.95. The Balaban J connectivity index is 2.54. The zero-order valence-corrected chi connectivity index (χ0v) is 10.8. The number of rotatable bonds is 2. The average molecular weight is 232 g/mol. The predicted molar refractivity (Wildman–Crippen MR) is 70.1 cm³/mol. The van der Waals surface area contributed by atoms with Gasteiger partial charge in [0.1, 0.15) is 0 Å². The number of fused-ring (bicyclic) bond motifs is 1. The van der Waals surface area contributed by atoms with Crippen LogP contribution in [0.5, 0.6) is 0 Å². The molecule has 1 unspecified atom stereocenters. The largest absolute Gasteiger partial charge is 0.326 e. The molecule has 1 atom stereocenters. The van der Waals surface area contributed by atoms with Gasteiger partial charge in [-0.2, -0.15) is 0 Å². The Hall–Kier alpha value is -1.35. The van der Waals surface area contributed by atoms with Crippen LogP contribution in [0.1, 0.15) is 48.1 Å². The lowest BCUT2D eigenvalue weighted by Crippen LogP contribution is -2.22. The minimum absolute atomic E-state index is 0.0941. The monoisotopic (exact) mass is 232 g/mol. The zero-order valence-electron chi connectivity index (χ0n) is 10.8. The van der Waals surface area contributed by atoms with Crippen molar-refractivity contribution in [2.24, 2.45) is 5.73 Å². The van der Waals surface area contributed by atoms with Crippen LogP contribution in [0.3, 0.4) is 0 Å². The van der Waals surface area contributed by atoms with Crippen molar-refractivity contribution in [2.45, 2.75) is 46.1 Å². The molecule has 0 aliphatic carbocycles. The molecule has 92 valence electrons. The Labute approximate surface area is 102 Å². The van der Waals surface area contributed by atoms with E-state index in [0.717, 1.165) is 24.1 Å². The summed E-state index contributed by atoms with van der Waals surface area (Å²) in [5.74, 6) is 0.118. The number of hydrogen-bond acceptors (Lipinski definition) is 2. The molecule has 3 N–H and O–H groups in total. The third-order valence-electron chi connectivity index (χ3n) is 3.75. The minimum atomic E-state index is 0.0941. The van der Waals surface area contributed by atoms with E-state index < -0.39 is 0 Å². The molecule has 1 aromatic carbocycles. The Morgan fingerprint density at radius 2 is 2.06 bits per heavy atom. The third-order valence-corrected chi connectivity index (χ3v) is 3.75. The van der Waals surface area contributed by atoms with Crippen molar-refractivity contribution in [1.82, 2.24) is 0 Å². The average Bonchev–Trinajstić information content (AvgIpc) is 2.33. The first kappa shape index (κ1) is 12.1. The summed E-state index contributed by atoms with van der Waals surface area (Å²) in [6, 6.07) is 2.27. The SMILES string of the molecule is CCC(N)c1cc2c(c(C)c1C)NC(=O)CC2. The molecule has 1 aliphatic heterocycles. The highest BCUT2D eigenvalue weighted by atomic mass is 16.1. The van der Waals surface area contributed by atoms with E-state index in [1.807, 2.05) is 0 Å². The summed E-state index contributed by atoms with van der Waals surface area (Å²) in [6.45, 7) is 6.24. The fraction of sp³-hybridized carbons (Fsp3) is 0.500. The normalized spacial score (nSPS) is 16.4. The van der Waals surface area contributed by atoms with Gasteiger partial charge in [-0.3, -0.25) is 4.79 Å². The van der Waals surface area contributed by atoms with Crippen LogP contribution in [0.2, 0.25) is 0 Å². The molecule has 0 fully saturated rings. The topological polar surface area (TPSA) is 55.1 Å². The van der Waals surface area contributed by atoms with Crippen molar-refractivity contribution in [3.8, 4) is 0 Å². The van der Waals surface area contributed by atoms with E-state index in [1.54, 1.807) is 0 Å². The molecular weight excluding hydrogens is 212 g/mol. The van der Waals surface area contributed by atoms with E-state index in [-0.39, 0.29) is 11.9 Å². The van der Waals surface area contributed by atoms with Crippen LogP contribution in [0, 0.1) is 13.8 Å². The standard InChI is InChI=1S/C14H20N2O/c1-4-12(15)11-7-10-5-6-13(17)16-14(10)9(3)8(11)2/h7,12H,4-6,15H2,1-3H3,(H,16,17). The smallest absolute Gasteiger partial charge is 0.224 e. The first-order chi connectivity index (χ1) is 8.04. The van der Waals surface area contributed by atoms with Crippen molar-refractivity contribution < 1.29 is 4.79 Å². The van der Waals surface area contributed by atoms with Gasteiger partial charge in [0.05, 0.1) is 0 Å². The molecule has 0 spiro atoms. The first-order valence-electron chi connectivity index (χ1n) is 6.23. The predicted octanol–water partition coefficient (Wildman–Crippen LogP) is 2.60. The summed E-state index contributed by atoms with van der Waals surface area (Å²) in [4.78, 5) is 11.4. The van der Waals surface area contributed by atoms with E-state index in [2.05, 4.69) is 32.2 Å². The number of benzene rings is 1. The van der Waals surface area contributed by atoms with Crippen LogP contribution in [-0.4, -0.2) is 5.91 Å². The van der Waals surface area contributed by atoms with Crippen molar-refractivity contribution >= 4 is 11.6 Å². The molecule has 2 rings (SSSR count). The zero-order chi connectivity index (χ0) is 12.6. The molecule has 0 aromatic heterocycles. The fourth-order valence-corrected chi connectivity index (χ4v) is 2.44. The van der Waals surface area contributed by atoms with Crippen LogP contribution >= 0.6 is 0 Å². The fourth-order valence-electron chi connectivity index (χ4n) is 2.44. The number of amides is 1. The lowest BCUT2D eigenvalue weighted by molar-refractivity contribution is -0.116. The van der Waals surface area contributed by atoms with Gasteiger partial charge in [-0.25, -0.2) is 0 Å². The summed E-state index contributed by atoms with van der Waals surface area (Å²) >= 11 is 0. The second-order valence-electron chi connectivity index (χ2n) is 4.81. The van der Waals surface area contributed by atoms with Gasteiger partial charge in [-0.05, 0) is 48.9 Å². The molecule has 3 nitrogen and oxygen atoms in total. The van der Waals surface area contributed by atoms with Crippen molar-refractivity contribution in [2.75, 3.05) is 5.32 Å². The summed E-state index contributed by atoms with van der Waals surface area (Å²) < 4.78 is 0. The molecule has 0 saturated carbocycles. The molecule has 1 aliphatic rings. The molecule has 17 heavy (non-hydrogen) atoms. The Morgan fingerprint density at radius 1 is 1.35 bits per heavy atom. The number of carbonyl (C=O) groups excluding carboxylic acids is 1. The van der Waals surface area contributed by atoms with Gasteiger partial charge in [0.15, 0.2) is 0 Å². The molecule has 1 aromatic rings. The lowest BCUT2D eigenvalue weighted by Gasteiger charge is -2.24. The van der Waals surface area contributed by atoms with Gasteiger partial charge in [0, 0.05) is 18.2 Å². The molecule has 0 bridgehead atoms. The van der Waals surface area contributed by atoms with Crippen LogP contribution in [0.25, 0.3) is 0 Å². The van der Waals surface area contributed by atoms with E-state index in [9.17, 15) is 4.79 Å². The molecule has 3 heteroatoms. The maximum Gasteiger partial charge on any atom is 0.224 e. The van der Waals surface area contributed by atoms with Crippen molar-refractivity contribution in [3.63, 3.8) is 0 Å². The van der Waals surface area contributed by atoms with Gasteiger partial charge in [0.25, 0.3) is 0 Å². The highest BCUT2D eigenvalue weighted by Gasteiger charge is 2.20. The Kier molecular flexibility index (Phi) is 3.20. The number of hydrogen-bond donors (Lipinski definition) is 2. The highest BCUT2D eigenvalue weighted by Crippen LogP contribution is 2.33. The van der Waals surface area contributed by atoms with Crippen LogP contribution in [0.4, 0.5) is 5.69 Å². The summed E-state index contributed by atoms with van der Waals surface area (Å²) in [5.41, 5.74) is 12.0. The number of aryl methyl sites for hydroxylation is 1. The van der Waals surface area contributed by atoms with Gasteiger partial charge in [-0.1, -0.05) is 13.0 Å². The molecule has 0 saturated heterocycles. The quantitative estimate of drug-likeness (QED) is 0.823. The number of anilines is 1. The van der Waals surface area contributed by atoms with Gasteiger partial charge < -0.3 is 11.1 Å². The number of carbonyl (C=O) groups is 1. The van der Waals surface area contributed by atoms with E-state index in [0.29, 0.717) is 6.42 Å². The second-order valence-corrected chi connectivity index (χ2v) is 4.81. The van der Waals surface area contributed by atoms with Gasteiger partial charge >= 0.3 is 0 Å². The third kappa shape index (κ3) is 2.07.